The summed E-state index contributed by atoms with van der Waals surface area (Å²) in [6, 6.07) is 1.78. The normalized spacial score (nSPS) is 15.5. The van der Waals surface area contributed by atoms with Crippen LogP contribution in [0.25, 0.3) is 11.2 Å². The number of rotatable bonds is 5. The van der Waals surface area contributed by atoms with Gasteiger partial charge in [-0.1, -0.05) is 0 Å². The number of pyridine rings is 1. The van der Waals surface area contributed by atoms with Crippen LogP contribution in [0.4, 0.5) is 5.95 Å². The van der Waals surface area contributed by atoms with Crippen molar-refractivity contribution in [2.24, 2.45) is 0 Å². The summed E-state index contributed by atoms with van der Waals surface area (Å²) in [4.78, 5) is 29.7. The summed E-state index contributed by atoms with van der Waals surface area (Å²) in [5.74, 6) is 0.413. The first-order valence-corrected chi connectivity index (χ1v) is 9.11. The van der Waals surface area contributed by atoms with E-state index in [1.807, 2.05) is 21.1 Å². The van der Waals surface area contributed by atoms with Crippen LogP contribution in [-0.2, 0) is 13.1 Å². The molecule has 4 rings (SSSR count). The van der Waals surface area contributed by atoms with E-state index in [-0.39, 0.29) is 5.91 Å². The Hall–Kier alpha value is -3.01. The van der Waals surface area contributed by atoms with E-state index in [1.165, 1.54) is 0 Å². The van der Waals surface area contributed by atoms with E-state index in [9.17, 15) is 4.79 Å². The van der Waals surface area contributed by atoms with Crippen molar-refractivity contribution in [1.29, 1.82) is 0 Å². The van der Waals surface area contributed by atoms with Crippen molar-refractivity contribution in [2.45, 2.75) is 20.0 Å². The molecule has 2 N–H and O–H groups in total. The van der Waals surface area contributed by atoms with Gasteiger partial charge in [-0.15, -0.1) is 0 Å². The van der Waals surface area contributed by atoms with E-state index < -0.39 is 0 Å². The molecule has 1 aliphatic heterocycles. The largest absolute Gasteiger partial charge is 0.369 e. The Kier molecular flexibility index (Phi) is 4.71. The molecule has 142 valence electrons. The quantitative estimate of drug-likeness (QED) is 0.678. The van der Waals surface area contributed by atoms with Crippen LogP contribution in [0.15, 0.2) is 24.9 Å². The summed E-state index contributed by atoms with van der Waals surface area (Å²) in [6.07, 6.45) is 4.88. The SMILES string of the molecule is CCn1c(N)nc2cc(C(=O)N3CCN(CCn4cncn4)CC3)cnc21. The van der Waals surface area contributed by atoms with Crippen LogP contribution in [0.2, 0.25) is 0 Å². The van der Waals surface area contributed by atoms with E-state index in [0.29, 0.717) is 42.3 Å². The molecule has 0 bridgehead atoms. The van der Waals surface area contributed by atoms with Crippen LogP contribution in [-0.4, -0.2) is 77.7 Å². The van der Waals surface area contributed by atoms with Crippen molar-refractivity contribution < 1.29 is 4.79 Å². The average Bonchev–Trinajstić information content (AvgIpc) is 3.32. The molecule has 0 saturated carbocycles. The fourth-order valence-electron chi connectivity index (χ4n) is 3.41. The van der Waals surface area contributed by atoms with Crippen LogP contribution in [0.1, 0.15) is 17.3 Å². The first kappa shape index (κ1) is 17.4. The van der Waals surface area contributed by atoms with Crippen molar-refractivity contribution in [3.8, 4) is 0 Å². The number of hydrogen-bond acceptors (Lipinski definition) is 7. The minimum Gasteiger partial charge on any atom is -0.369 e. The highest BCUT2D eigenvalue weighted by Crippen LogP contribution is 2.18. The molecule has 1 amide bonds. The van der Waals surface area contributed by atoms with Gasteiger partial charge in [0.25, 0.3) is 5.91 Å². The van der Waals surface area contributed by atoms with Crippen molar-refractivity contribution >= 4 is 23.0 Å². The molecule has 1 fully saturated rings. The Bertz CT molecular complexity index is 925. The van der Waals surface area contributed by atoms with Gasteiger partial charge in [0.05, 0.1) is 12.1 Å². The van der Waals surface area contributed by atoms with Crippen molar-refractivity contribution in [1.82, 2.24) is 39.1 Å². The van der Waals surface area contributed by atoms with Crippen LogP contribution in [0.5, 0.6) is 0 Å². The maximum absolute atomic E-state index is 12.8. The zero-order valence-corrected chi connectivity index (χ0v) is 15.3. The first-order valence-electron chi connectivity index (χ1n) is 9.11. The standard InChI is InChI=1S/C17H23N9O/c1-2-26-15-14(22-17(26)18)9-13(10-20-15)16(27)24-6-3-23(4-7-24)5-8-25-12-19-11-21-25/h9-12H,2-8H2,1H3,(H2,18,22). The van der Waals surface area contributed by atoms with E-state index in [1.54, 1.807) is 24.9 Å². The number of hydrogen-bond donors (Lipinski definition) is 1. The molecule has 0 spiro atoms. The van der Waals surface area contributed by atoms with Gasteiger partial charge in [0.1, 0.15) is 18.2 Å². The maximum atomic E-state index is 12.8. The maximum Gasteiger partial charge on any atom is 0.255 e. The summed E-state index contributed by atoms with van der Waals surface area (Å²) in [6.45, 7) is 7.45. The van der Waals surface area contributed by atoms with Gasteiger partial charge in [0.15, 0.2) is 5.65 Å². The molecule has 10 nitrogen and oxygen atoms in total. The van der Waals surface area contributed by atoms with Crippen molar-refractivity contribution in [2.75, 3.05) is 38.5 Å². The summed E-state index contributed by atoms with van der Waals surface area (Å²) >= 11 is 0. The highest BCUT2D eigenvalue weighted by atomic mass is 16.2. The van der Waals surface area contributed by atoms with Crippen LogP contribution < -0.4 is 5.73 Å². The van der Waals surface area contributed by atoms with E-state index in [4.69, 9.17) is 5.73 Å². The summed E-state index contributed by atoms with van der Waals surface area (Å²) in [7, 11) is 0. The van der Waals surface area contributed by atoms with Gasteiger partial charge >= 0.3 is 0 Å². The van der Waals surface area contributed by atoms with Crippen molar-refractivity contribution in [3.63, 3.8) is 0 Å². The second-order valence-corrected chi connectivity index (χ2v) is 6.57. The fraction of sp³-hybridized carbons (Fsp3) is 0.471. The lowest BCUT2D eigenvalue weighted by atomic mass is 10.2. The molecule has 0 aliphatic carbocycles. The third-order valence-electron chi connectivity index (χ3n) is 4.95. The number of carbonyl (C=O) groups excluding carboxylic acids is 1. The highest BCUT2D eigenvalue weighted by Gasteiger charge is 2.23. The van der Waals surface area contributed by atoms with Crippen LogP contribution in [0, 0.1) is 0 Å². The fourth-order valence-corrected chi connectivity index (χ4v) is 3.41. The van der Waals surface area contributed by atoms with Gasteiger partial charge in [-0.3, -0.25) is 18.9 Å². The van der Waals surface area contributed by atoms with Gasteiger partial charge in [-0.05, 0) is 13.0 Å². The second-order valence-electron chi connectivity index (χ2n) is 6.57. The lowest BCUT2D eigenvalue weighted by Gasteiger charge is -2.34. The molecular weight excluding hydrogens is 346 g/mol. The number of aromatic nitrogens is 6. The number of fused-ring (bicyclic) bond motifs is 1. The molecular formula is C17H23N9O. The number of imidazole rings is 1. The summed E-state index contributed by atoms with van der Waals surface area (Å²) in [5, 5.41) is 4.11. The Labute approximate surface area is 156 Å². The lowest BCUT2D eigenvalue weighted by molar-refractivity contribution is 0.0631. The predicted octanol–water partition coefficient (Wildman–Crippen LogP) is 0.0829. The summed E-state index contributed by atoms with van der Waals surface area (Å²) < 4.78 is 3.65. The first-order chi connectivity index (χ1) is 13.2. The molecule has 0 aromatic carbocycles. The zero-order valence-electron chi connectivity index (χ0n) is 15.3. The average molecular weight is 369 g/mol. The number of anilines is 1. The third kappa shape index (κ3) is 3.47. The smallest absolute Gasteiger partial charge is 0.255 e. The molecule has 1 aliphatic rings. The van der Waals surface area contributed by atoms with Crippen LogP contribution in [0.3, 0.4) is 0 Å². The minimum atomic E-state index is -0.00931. The summed E-state index contributed by atoms with van der Waals surface area (Å²) in [5.41, 5.74) is 7.84. The Morgan fingerprint density at radius 1 is 1.22 bits per heavy atom. The number of nitrogens with two attached hydrogens (primary N) is 1. The van der Waals surface area contributed by atoms with Gasteiger partial charge in [0, 0.05) is 45.5 Å². The number of nitrogens with zero attached hydrogens (tertiary/aromatic N) is 8. The molecule has 27 heavy (non-hydrogen) atoms. The number of amides is 1. The molecule has 4 heterocycles. The number of nitrogen functional groups attached to an aromatic ring is 1. The molecule has 3 aromatic heterocycles. The molecule has 1 saturated heterocycles. The number of piperazine rings is 1. The number of aryl methyl sites for hydroxylation is 1. The Morgan fingerprint density at radius 2 is 2.04 bits per heavy atom. The predicted molar refractivity (Wildman–Crippen MR) is 100.0 cm³/mol. The highest BCUT2D eigenvalue weighted by molar-refractivity contribution is 5.96. The minimum absolute atomic E-state index is 0.00931. The van der Waals surface area contributed by atoms with Gasteiger partial charge in [-0.25, -0.2) is 15.0 Å². The molecule has 0 atom stereocenters. The monoisotopic (exact) mass is 369 g/mol. The van der Waals surface area contributed by atoms with E-state index in [0.717, 1.165) is 26.2 Å². The van der Waals surface area contributed by atoms with Crippen LogP contribution >= 0.6 is 0 Å². The van der Waals surface area contributed by atoms with Gasteiger partial charge in [0.2, 0.25) is 5.95 Å². The topological polar surface area (TPSA) is 111 Å². The Morgan fingerprint density at radius 3 is 2.74 bits per heavy atom. The molecule has 0 unspecified atom stereocenters. The number of carbonyl (C=O) groups is 1. The van der Waals surface area contributed by atoms with Gasteiger partial charge in [-0.2, -0.15) is 5.10 Å². The van der Waals surface area contributed by atoms with Crippen molar-refractivity contribution in [3.05, 3.63) is 30.5 Å². The zero-order chi connectivity index (χ0) is 18.8. The lowest BCUT2D eigenvalue weighted by Crippen LogP contribution is -2.49. The van der Waals surface area contributed by atoms with Gasteiger partial charge < -0.3 is 10.6 Å². The molecule has 10 heteroatoms. The van der Waals surface area contributed by atoms with E-state index in [2.05, 4.69) is 25.0 Å². The Balaban J connectivity index is 1.38. The third-order valence-corrected chi connectivity index (χ3v) is 4.95. The van der Waals surface area contributed by atoms with E-state index >= 15 is 0 Å². The second kappa shape index (κ2) is 7.31. The molecule has 3 aromatic rings. The molecule has 0 radical (unpaired) electrons.